The van der Waals surface area contributed by atoms with E-state index >= 15 is 0 Å². The summed E-state index contributed by atoms with van der Waals surface area (Å²) >= 11 is 0. The molecule has 0 radical (unpaired) electrons. The summed E-state index contributed by atoms with van der Waals surface area (Å²) in [6.07, 6.45) is 6.02. The molecule has 0 bridgehead atoms. The van der Waals surface area contributed by atoms with Gasteiger partial charge in [0.05, 0.1) is 6.21 Å². The van der Waals surface area contributed by atoms with E-state index in [0.717, 1.165) is 10.8 Å². The van der Waals surface area contributed by atoms with Gasteiger partial charge in [0.1, 0.15) is 18.1 Å². The highest BCUT2D eigenvalue weighted by Gasteiger charge is 2.14. The Morgan fingerprint density at radius 2 is 1.89 bits per heavy atom. The van der Waals surface area contributed by atoms with Gasteiger partial charge in [0, 0.05) is 5.56 Å². The van der Waals surface area contributed by atoms with Crippen LogP contribution in [0.2, 0.25) is 0 Å². The van der Waals surface area contributed by atoms with Crippen LogP contribution in [0.5, 0.6) is 11.5 Å². The third kappa shape index (κ3) is 4.89. The van der Waals surface area contributed by atoms with Gasteiger partial charge in [-0.05, 0) is 42.0 Å². The Labute approximate surface area is 164 Å². The fraction of sp³-hybridized carbons (Fsp3) is 0.130. The number of rotatable bonds is 7. The van der Waals surface area contributed by atoms with Gasteiger partial charge in [-0.3, -0.25) is 4.79 Å². The number of benzene rings is 3. The van der Waals surface area contributed by atoms with Gasteiger partial charge in [-0.1, -0.05) is 48.4 Å². The molecule has 1 atom stereocenters. The Balaban J connectivity index is 1.59. The molecule has 0 saturated carbocycles. The predicted molar refractivity (Wildman–Crippen MR) is 111 cm³/mol. The summed E-state index contributed by atoms with van der Waals surface area (Å²) in [5.41, 5.74) is 3.19. The highest BCUT2D eigenvalue weighted by molar-refractivity contribution is 5.87. The van der Waals surface area contributed by atoms with Crippen LogP contribution < -0.4 is 14.9 Å². The van der Waals surface area contributed by atoms with Gasteiger partial charge in [0.25, 0.3) is 5.91 Å². The lowest BCUT2D eigenvalue weighted by Gasteiger charge is -2.13. The van der Waals surface area contributed by atoms with Gasteiger partial charge in [0.15, 0.2) is 6.10 Å². The van der Waals surface area contributed by atoms with E-state index in [1.54, 1.807) is 13.0 Å². The molecule has 5 heteroatoms. The quantitative estimate of drug-likeness (QED) is 0.390. The molecule has 0 heterocycles. The van der Waals surface area contributed by atoms with Crippen LogP contribution in [0.25, 0.3) is 10.8 Å². The maximum atomic E-state index is 12.3. The van der Waals surface area contributed by atoms with Gasteiger partial charge >= 0.3 is 0 Å². The summed E-state index contributed by atoms with van der Waals surface area (Å²) in [7, 11) is 0. The molecule has 5 nitrogen and oxygen atoms in total. The summed E-state index contributed by atoms with van der Waals surface area (Å²) in [4.78, 5) is 12.3. The fourth-order valence-electron chi connectivity index (χ4n) is 2.59. The molecule has 1 unspecified atom stereocenters. The first-order valence-corrected chi connectivity index (χ1v) is 8.81. The lowest BCUT2D eigenvalue weighted by atomic mass is 10.1. The van der Waals surface area contributed by atoms with Crippen molar-refractivity contribution in [2.75, 3.05) is 6.61 Å². The van der Waals surface area contributed by atoms with E-state index in [9.17, 15) is 4.79 Å². The first-order chi connectivity index (χ1) is 13.7. The predicted octanol–water partition coefficient (Wildman–Crippen LogP) is 3.77. The number of hydrazone groups is 1. The molecule has 0 saturated heterocycles. The molecule has 28 heavy (non-hydrogen) atoms. The Morgan fingerprint density at radius 3 is 2.71 bits per heavy atom. The van der Waals surface area contributed by atoms with E-state index in [4.69, 9.17) is 15.9 Å². The lowest BCUT2D eigenvalue weighted by Crippen LogP contribution is -2.33. The van der Waals surface area contributed by atoms with E-state index in [1.807, 2.05) is 60.7 Å². The number of nitrogens with one attached hydrogen (secondary N) is 1. The van der Waals surface area contributed by atoms with E-state index in [1.165, 1.54) is 6.21 Å². The molecule has 3 aromatic carbocycles. The zero-order valence-corrected chi connectivity index (χ0v) is 15.5. The van der Waals surface area contributed by atoms with Crippen molar-refractivity contribution in [2.45, 2.75) is 13.0 Å². The number of fused-ring (bicyclic) bond motifs is 1. The SMILES string of the molecule is C#CCOc1ccccc1/C=N/NC(=O)C(C)Oc1ccc2ccccc2c1. The second-order valence-corrected chi connectivity index (χ2v) is 6.03. The number of carbonyl (C=O) groups excluding carboxylic acids is 1. The Hall–Kier alpha value is -3.78. The highest BCUT2D eigenvalue weighted by Crippen LogP contribution is 2.21. The first kappa shape index (κ1) is 19.0. The van der Waals surface area contributed by atoms with E-state index in [0.29, 0.717) is 17.1 Å². The van der Waals surface area contributed by atoms with Crippen LogP contribution >= 0.6 is 0 Å². The standard InChI is InChI=1S/C23H20N2O3/c1-3-14-27-22-11-7-6-10-20(22)16-24-25-23(26)17(2)28-21-13-12-18-8-4-5-9-19(18)15-21/h1,4-13,15-17H,14H2,2H3,(H,25,26)/b24-16+. The van der Waals surface area contributed by atoms with Gasteiger partial charge in [-0.15, -0.1) is 6.42 Å². The monoisotopic (exact) mass is 372 g/mol. The van der Waals surface area contributed by atoms with E-state index in [-0.39, 0.29) is 12.5 Å². The second kappa shape index (κ2) is 9.24. The summed E-state index contributed by atoms with van der Waals surface area (Å²) in [5, 5.41) is 6.15. The minimum atomic E-state index is -0.703. The van der Waals surface area contributed by atoms with Crippen molar-refractivity contribution in [3.63, 3.8) is 0 Å². The highest BCUT2D eigenvalue weighted by atomic mass is 16.5. The average Bonchev–Trinajstić information content (AvgIpc) is 2.72. The van der Waals surface area contributed by atoms with Crippen molar-refractivity contribution in [1.29, 1.82) is 0 Å². The van der Waals surface area contributed by atoms with Gasteiger partial charge in [0.2, 0.25) is 0 Å². The lowest BCUT2D eigenvalue weighted by molar-refractivity contribution is -0.127. The molecule has 0 aliphatic carbocycles. The Bertz CT molecular complexity index is 1040. The summed E-state index contributed by atoms with van der Waals surface area (Å²) < 4.78 is 11.2. The number of nitrogens with zero attached hydrogens (tertiary/aromatic N) is 1. The van der Waals surface area contributed by atoms with Crippen LogP contribution in [0.3, 0.4) is 0 Å². The second-order valence-electron chi connectivity index (χ2n) is 6.03. The van der Waals surface area contributed by atoms with Crippen molar-refractivity contribution >= 4 is 22.9 Å². The van der Waals surface area contributed by atoms with Gasteiger partial charge in [-0.25, -0.2) is 5.43 Å². The summed E-state index contributed by atoms with van der Waals surface area (Å²) in [5.74, 6) is 3.28. The maximum absolute atomic E-state index is 12.3. The van der Waals surface area contributed by atoms with E-state index in [2.05, 4.69) is 16.4 Å². The molecule has 0 aliphatic rings. The maximum Gasteiger partial charge on any atom is 0.280 e. The van der Waals surface area contributed by atoms with Crippen molar-refractivity contribution in [3.8, 4) is 23.8 Å². The van der Waals surface area contributed by atoms with Crippen LogP contribution in [0.4, 0.5) is 0 Å². The number of amides is 1. The number of para-hydroxylation sites is 1. The number of terminal acetylenes is 1. The number of ether oxygens (including phenoxy) is 2. The molecule has 0 aliphatic heterocycles. The third-order valence-electron chi connectivity index (χ3n) is 4.01. The summed E-state index contributed by atoms with van der Waals surface area (Å²) in [6.45, 7) is 1.83. The molecular formula is C23H20N2O3. The van der Waals surface area contributed by atoms with Crippen LogP contribution in [-0.4, -0.2) is 24.8 Å². The minimum Gasteiger partial charge on any atom is -0.481 e. The minimum absolute atomic E-state index is 0.161. The molecule has 3 rings (SSSR count). The normalized spacial score (nSPS) is 11.7. The molecule has 0 aromatic heterocycles. The molecule has 3 aromatic rings. The molecular weight excluding hydrogens is 352 g/mol. The van der Waals surface area contributed by atoms with E-state index < -0.39 is 6.10 Å². The largest absolute Gasteiger partial charge is 0.481 e. The van der Waals surface area contributed by atoms with Crippen molar-refractivity contribution < 1.29 is 14.3 Å². The van der Waals surface area contributed by atoms with Gasteiger partial charge < -0.3 is 9.47 Å². The Kier molecular flexibility index (Phi) is 6.27. The van der Waals surface area contributed by atoms with Gasteiger partial charge in [-0.2, -0.15) is 5.10 Å². The molecule has 0 fully saturated rings. The smallest absolute Gasteiger partial charge is 0.280 e. The van der Waals surface area contributed by atoms with Crippen LogP contribution in [0, 0.1) is 12.3 Å². The number of hydrogen-bond donors (Lipinski definition) is 1. The Morgan fingerprint density at radius 1 is 1.14 bits per heavy atom. The molecule has 1 N–H and O–H groups in total. The van der Waals surface area contributed by atoms with Crippen LogP contribution in [0.15, 0.2) is 71.8 Å². The molecule has 1 amide bonds. The topological polar surface area (TPSA) is 59.9 Å². The zero-order valence-electron chi connectivity index (χ0n) is 15.5. The fourth-order valence-corrected chi connectivity index (χ4v) is 2.59. The molecule has 0 spiro atoms. The zero-order chi connectivity index (χ0) is 19.8. The molecule has 140 valence electrons. The first-order valence-electron chi connectivity index (χ1n) is 8.81. The number of carbonyl (C=O) groups is 1. The summed E-state index contributed by atoms with van der Waals surface area (Å²) in [6, 6.07) is 20.9. The number of hydrogen-bond acceptors (Lipinski definition) is 4. The third-order valence-corrected chi connectivity index (χ3v) is 4.01. The van der Waals surface area contributed by atoms with Crippen LogP contribution in [0.1, 0.15) is 12.5 Å². The van der Waals surface area contributed by atoms with Crippen molar-refractivity contribution in [2.24, 2.45) is 5.10 Å². The van der Waals surface area contributed by atoms with Crippen molar-refractivity contribution in [3.05, 3.63) is 72.3 Å². The van der Waals surface area contributed by atoms with Crippen LogP contribution in [-0.2, 0) is 4.79 Å². The van der Waals surface area contributed by atoms with Crippen molar-refractivity contribution in [1.82, 2.24) is 5.43 Å². The average molecular weight is 372 g/mol.